The highest BCUT2D eigenvalue weighted by molar-refractivity contribution is 5.76. The number of hydrogen-bond donors (Lipinski definition) is 3. The number of hydrogen-bond acceptors (Lipinski definition) is 4. The molecule has 0 aromatic heterocycles. The molecule has 0 rings (SSSR count). The van der Waals surface area contributed by atoms with E-state index in [9.17, 15) is 14.4 Å². The van der Waals surface area contributed by atoms with Crippen LogP contribution in [-0.4, -0.2) is 61.9 Å². The molecule has 0 aliphatic rings. The van der Waals surface area contributed by atoms with Crippen LogP contribution in [0.3, 0.4) is 0 Å². The van der Waals surface area contributed by atoms with Gasteiger partial charge in [0.15, 0.2) is 0 Å². The van der Waals surface area contributed by atoms with Crippen LogP contribution in [0.1, 0.15) is 91.4 Å². The topological polar surface area (TPSA) is 90.5 Å². The minimum Gasteiger partial charge on any atom is -0.355 e. The quantitative estimate of drug-likeness (QED) is 0.261. The minimum absolute atomic E-state index is 0.0377. The average Bonchev–Trinajstić information content (AvgIpc) is 2.73. The van der Waals surface area contributed by atoms with E-state index in [-0.39, 0.29) is 17.7 Å². The van der Waals surface area contributed by atoms with Crippen molar-refractivity contribution < 1.29 is 14.4 Å². The summed E-state index contributed by atoms with van der Waals surface area (Å²) in [5.74, 6) is 0.243. The van der Waals surface area contributed by atoms with Gasteiger partial charge in [-0.3, -0.25) is 19.3 Å². The normalized spacial score (nSPS) is 10.8. The van der Waals surface area contributed by atoms with Crippen molar-refractivity contribution in [2.75, 3.05) is 39.3 Å². The van der Waals surface area contributed by atoms with E-state index in [1.165, 1.54) is 25.7 Å². The Labute approximate surface area is 184 Å². The van der Waals surface area contributed by atoms with E-state index in [0.29, 0.717) is 58.5 Å². The van der Waals surface area contributed by atoms with Crippen molar-refractivity contribution >= 4 is 17.7 Å². The van der Waals surface area contributed by atoms with Gasteiger partial charge < -0.3 is 16.0 Å². The van der Waals surface area contributed by atoms with Crippen LogP contribution >= 0.6 is 0 Å². The van der Waals surface area contributed by atoms with Crippen molar-refractivity contribution in [2.45, 2.75) is 91.4 Å². The first-order valence-electron chi connectivity index (χ1n) is 12.1. The molecule has 3 amide bonds. The maximum atomic E-state index is 11.9. The van der Waals surface area contributed by atoms with Gasteiger partial charge in [0.05, 0.1) is 0 Å². The fraction of sp³-hybridized carbons (Fsp3) is 0.870. The Kier molecular flexibility index (Phi) is 19.5. The summed E-state index contributed by atoms with van der Waals surface area (Å²) in [5.41, 5.74) is 0. The predicted molar refractivity (Wildman–Crippen MR) is 123 cm³/mol. The number of amides is 3. The zero-order chi connectivity index (χ0) is 22.5. The average molecular weight is 427 g/mol. The first-order chi connectivity index (χ1) is 14.5. The van der Waals surface area contributed by atoms with Crippen molar-refractivity contribution in [3.05, 3.63) is 0 Å². The summed E-state index contributed by atoms with van der Waals surface area (Å²) in [7, 11) is 0. The second-order valence-electron chi connectivity index (χ2n) is 7.87. The Morgan fingerprint density at radius 3 is 1.33 bits per heavy atom. The lowest BCUT2D eigenvalue weighted by molar-refractivity contribution is -0.121. The van der Waals surface area contributed by atoms with Gasteiger partial charge >= 0.3 is 0 Å². The zero-order valence-corrected chi connectivity index (χ0v) is 19.7. The van der Waals surface area contributed by atoms with Crippen molar-refractivity contribution in [3.63, 3.8) is 0 Å². The lowest BCUT2D eigenvalue weighted by Gasteiger charge is -2.23. The summed E-state index contributed by atoms with van der Waals surface area (Å²) in [6.07, 6.45) is 10.4. The van der Waals surface area contributed by atoms with Crippen LogP contribution in [0.15, 0.2) is 0 Å². The maximum absolute atomic E-state index is 11.9. The summed E-state index contributed by atoms with van der Waals surface area (Å²) >= 11 is 0. The molecule has 3 N–H and O–H groups in total. The molecule has 0 saturated carbocycles. The molecule has 7 heteroatoms. The highest BCUT2D eigenvalue weighted by Crippen LogP contribution is 2.02. The van der Waals surface area contributed by atoms with Gasteiger partial charge in [0, 0.05) is 58.5 Å². The molecule has 0 spiro atoms. The van der Waals surface area contributed by atoms with Crippen molar-refractivity contribution in [1.29, 1.82) is 0 Å². The fourth-order valence-electron chi connectivity index (χ4n) is 3.12. The first kappa shape index (κ1) is 28.4. The molecule has 0 unspecified atom stereocenters. The van der Waals surface area contributed by atoms with Crippen LogP contribution in [-0.2, 0) is 14.4 Å². The van der Waals surface area contributed by atoms with E-state index in [1.807, 2.05) is 6.92 Å². The zero-order valence-electron chi connectivity index (χ0n) is 19.7. The predicted octanol–water partition coefficient (Wildman–Crippen LogP) is 2.99. The Morgan fingerprint density at radius 1 is 0.567 bits per heavy atom. The monoisotopic (exact) mass is 426 g/mol. The summed E-state index contributed by atoms with van der Waals surface area (Å²) in [5, 5.41) is 8.85. The molecular formula is C23H46N4O3. The molecule has 0 aliphatic carbocycles. The SMILES string of the molecule is CCCCCCC(=O)NCCN(CCNC(=O)CC)CCNC(=O)CCCCCC. The van der Waals surface area contributed by atoms with Gasteiger partial charge in [-0.05, 0) is 12.8 Å². The van der Waals surface area contributed by atoms with Crippen molar-refractivity contribution in [3.8, 4) is 0 Å². The van der Waals surface area contributed by atoms with Crippen molar-refractivity contribution in [2.24, 2.45) is 0 Å². The lowest BCUT2D eigenvalue weighted by Crippen LogP contribution is -2.42. The Hall–Kier alpha value is -1.63. The van der Waals surface area contributed by atoms with Crippen LogP contribution in [0, 0.1) is 0 Å². The molecule has 176 valence electrons. The van der Waals surface area contributed by atoms with Gasteiger partial charge in [-0.25, -0.2) is 0 Å². The van der Waals surface area contributed by atoms with E-state index in [2.05, 4.69) is 34.7 Å². The molecule has 0 aromatic rings. The Morgan fingerprint density at radius 2 is 0.967 bits per heavy atom. The first-order valence-corrected chi connectivity index (χ1v) is 12.1. The molecule has 30 heavy (non-hydrogen) atoms. The third-order valence-electron chi connectivity index (χ3n) is 5.09. The largest absolute Gasteiger partial charge is 0.355 e. The molecule has 0 atom stereocenters. The maximum Gasteiger partial charge on any atom is 0.220 e. The van der Waals surface area contributed by atoms with E-state index >= 15 is 0 Å². The second kappa shape index (κ2) is 20.6. The van der Waals surface area contributed by atoms with Gasteiger partial charge in [0.1, 0.15) is 0 Å². The van der Waals surface area contributed by atoms with Crippen LogP contribution in [0.2, 0.25) is 0 Å². The Balaban J connectivity index is 4.16. The molecule has 0 aromatic carbocycles. The number of carbonyl (C=O) groups excluding carboxylic acids is 3. The lowest BCUT2D eigenvalue weighted by atomic mass is 10.1. The third-order valence-corrected chi connectivity index (χ3v) is 5.09. The molecule has 7 nitrogen and oxygen atoms in total. The molecule has 0 aliphatic heterocycles. The smallest absolute Gasteiger partial charge is 0.220 e. The minimum atomic E-state index is 0.0377. The van der Waals surface area contributed by atoms with E-state index in [4.69, 9.17) is 0 Å². The number of nitrogens with one attached hydrogen (secondary N) is 3. The number of nitrogens with zero attached hydrogens (tertiary/aromatic N) is 1. The van der Waals surface area contributed by atoms with Gasteiger partial charge in [0.25, 0.3) is 0 Å². The molecule has 0 bridgehead atoms. The van der Waals surface area contributed by atoms with Gasteiger partial charge in [0.2, 0.25) is 17.7 Å². The molecule has 0 fully saturated rings. The van der Waals surface area contributed by atoms with Crippen LogP contribution in [0.5, 0.6) is 0 Å². The van der Waals surface area contributed by atoms with Crippen LogP contribution < -0.4 is 16.0 Å². The van der Waals surface area contributed by atoms with E-state index < -0.39 is 0 Å². The highest BCUT2D eigenvalue weighted by atomic mass is 16.2. The van der Waals surface area contributed by atoms with Crippen molar-refractivity contribution in [1.82, 2.24) is 20.9 Å². The van der Waals surface area contributed by atoms with E-state index in [0.717, 1.165) is 25.7 Å². The van der Waals surface area contributed by atoms with Gasteiger partial charge in [-0.15, -0.1) is 0 Å². The van der Waals surface area contributed by atoms with Crippen LogP contribution in [0.25, 0.3) is 0 Å². The number of carbonyl (C=O) groups is 3. The van der Waals surface area contributed by atoms with E-state index in [1.54, 1.807) is 0 Å². The second-order valence-corrected chi connectivity index (χ2v) is 7.87. The van der Waals surface area contributed by atoms with Crippen LogP contribution in [0.4, 0.5) is 0 Å². The summed E-state index contributed by atoms with van der Waals surface area (Å²) in [6.45, 7) is 9.99. The third kappa shape index (κ3) is 18.4. The fourth-order valence-corrected chi connectivity index (χ4v) is 3.12. The van der Waals surface area contributed by atoms with Gasteiger partial charge in [-0.2, -0.15) is 0 Å². The number of rotatable bonds is 20. The van der Waals surface area contributed by atoms with Gasteiger partial charge in [-0.1, -0.05) is 59.3 Å². The molecule has 0 heterocycles. The standard InChI is InChI=1S/C23H46N4O3/c1-4-7-9-11-13-22(29)25-16-19-27(18-15-24-21(28)6-3)20-17-26-23(30)14-12-10-8-5-2/h4-20H2,1-3H3,(H,24,28)(H,25,29)(H,26,30). The summed E-state index contributed by atoms with van der Waals surface area (Å²) < 4.78 is 0. The summed E-state index contributed by atoms with van der Waals surface area (Å²) in [6, 6.07) is 0. The summed E-state index contributed by atoms with van der Waals surface area (Å²) in [4.78, 5) is 37.5. The molecule has 0 radical (unpaired) electrons. The highest BCUT2D eigenvalue weighted by Gasteiger charge is 2.08. The Bertz CT molecular complexity index is 428. The molecule has 0 saturated heterocycles. The molecular weight excluding hydrogens is 380 g/mol. The number of unbranched alkanes of at least 4 members (excludes halogenated alkanes) is 6.